The highest BCUT2D eigenvalue weighted by molar-refractivity contribution is 5.96. The van der Waals surface area contributed by atoms with E-state index in [1.807, 2.05) is 24.3 Å². The van der Waals surface area contributed by atoms with Crippen molar-refractivity contribution in [2.45, 2.75) is 6.10 Å². The number of aromatic nitrogens is 1. The van der Waals surface area contributed by atoms with Gasteiger partial charge in [0, 0.05) is 13.2 Å². The minimum absolute atomic E-state index is 0.169. The number of hydrogen-bond donors (Lipinski definition) is 0. The van der Waals surface area contributed by atoms with Crippen LogP contribution in [0.5, 0.6) is 17.4 Å². The third-order valence-electron chi connectivity index (χ3n) is 3.59. The molecule has 0 spiro atoms. The number of ether oxygens (including phenoxy) is 3. The second kappa shape index (κ2) is 6.56. The van der Waals surface area contributed by atoms with Crippen LogP contribution in [0.25, 0.3) is 0 Å². The molecular weight excluding hydrogens is 296 g/mol. The summed E-state index contributed by atoms with van der Waals surface area (Å²) in [5.74, 6) is 1.57. The van der Waals surface area contributed by atoms with Gasteiger partial charge in [-0.3, -0.25) is 4.79 Å². The summed E-state index contributed by atoms with van der Waals surface area (Å²) < 4.78 is 16.7. The fraction of sp³-hybridized carbons (Fsp3) is 0.294. The van der Waals surface area contributed by atoms with Crippen molar-refractivity contribution in [2.75, 3.05) is 27.3 Å². The molecular formula is C17H18N2O4. The van der Waals surface area contributed by atoms with Crippen LogP contribution in [0.2, 0.25) is 0 Å². The molecule has 6 nitrogen and oxygen atoms in total. The SMILES string of the molecule is COc1ncccc1C(=O)N(C)C[C@@H]1COc2ccccc2O1. The molecule has 3 rings (SSSR count). The van der Waals surface area contributed by atoms with Crippen molar-refractivity contribution in [1.29, 1.82) is 0 Å². The molecule has 0 bridgehead atoms. The molecule has 1 aromatic heterocycles. The number of rotatable bonds is 4. The van der Waals surface area contributed by atoms with E-state index in [9.17, 15) is 4.79 Å². The van der Waals surface area contributed by atoms with Gasteiger partial charge in [0.1, 0.15) is 12.2 Å². The lowest BCUT2D eigenvalue weighted by Crippen LogP contribution is -2.41. The first-order valence-corrected chi connectivity index (χ1v) is 7.32. The Hall–Kier alpha value is -2.76. The number of nitrogens with zero attached hydrogens (tertiary/aromatic N) is 2. The predicted molar refractivity (Wildman–Crippen MR) is 84.1 cm³/mol. The fourth-order valence-electron chi connectivity index (χ4n) is 2.46. The fourth-order valence-corrected chi connectivity index (χ4v) is 2.46. The first kappa shape index (κ1) is 15.1. The van der Waals surface area contributed by atoms with Gasteiger partial charge in [-0.1, -0.05) is 12.1 Å². The van der Waals surface area contributed by atoms with E-state index in [2.05, 4.69) is 4.98 Å². The number of carbonyl (C=O) groups excluding carboxylic acids is 1. The quantitative estimate of drug-likeness (QED) is 0.864. The lowest BCUT2D eigenvalue weighted by molar-refractivity contribution is 0.0518. The first-order chi connectivity index (χ1) is 11.2. The van der Waals surface area contributed by atoms with Crippen molar-refractivity contribution >= 4 is 5.91 Å². The van der Waals surface area contributed by atoms with Gasteiger partial charge in [0.2, 0.25) is 5.88 Å². The summed E-state index contributed by atoms with van der Waals surface area (Å²) in [7, 11) is 3.22. The number of amides is 1. The summed E-state index contributed by atoms with van der Waals surface area (Å²) >= 11 is 0. The second-order valence-corrected chi connectivity index (χ2v) is 5.24. The van der Waals surface area contributed by atoms with E-state index in [0.717, 1.165) is 5.75 Å². The molecule has 0 saturated carbocycles. The molecule has 2 aromatic rings. The molecule has 0 radical (unpaired) electrons. The molecule has 1 atom stereocenters. The summed E-state index contributed by atoms with van der Waals surface area (Å²) in [4.78, 5) is 18.2. The van der Waals surface area contributed by atoms with Crippen LogP contribution in [-0.2, 0) is 0 Å². The maximum atomic E-state index is 12.6. The number of carbonyl (C=O) groups is 1. The van der Waals surface area contributed by atoms with Crippen LogP contribution in [0.3, 0.4) is 0 Å². The van der Waals surface area contributed by atoms with Crippen molar-refractivity contribution < 1.29 is 19.0 Å². The van der Waals surface area contributed by atoms with Gasteiger partial charge in [0.05, 0.1) is 13.7 Å². The average molecular weight is 314 g/mol. The Balaban J connectivity index is 1.68. The Bertz CT molecular complexity index is 704. The van der Waals surface area contributed by atoms with Crippen LogP contribution in [0.15, 0.2) is 42.6 Å². The number of hydrogen-bond acceptors (Lipinski definition) is 5. The van der Waals surface area contributed by atoms with Gasteiger partial charge in [-0.15, -0.1) is 0 Å². The molecule has 0 fully saturated rings. The van der Waals surface area contributed by atoms with E-state index in [4.69, 9.17) is 14.2 Å². The third kappa shape index (κ3) is 3.21. The first-order valence-electron chi connectivity index (χ1n) is 7.32. The van der Waals surface area contributed by atoms with E-state index in [1.54, 1.807) is 30.3 Å². The molecule has 0 aliphatic carbocycles. The molecule has 1 aliphatic heterocycles. The van der Waals surface area contributed by atoms with Crippen LogP contribution >= 0.6 is 0 Å². The van der Waals surface area contributed by atoms with E-state index < -0.39 is 0 Å². The molecule has 2 heterocycles. The van der Waals surface area contributed by atoms with Crippen LogP contribution < -0.4 is 14.2 Å². The summed E-state index contributed by atoms with van der Waals surface area (Å²) in [5.41, 5.74) is 0.426. The molecule has 1 aromatic carbocycles. The largest absolute Gasteiger partial charge is 0.486 e. The van der Waals surface area contributed by atoms with Gasteiger partial charge < -0.3 is 19.1 Å². The highest BCUT2D eigenvalue weighted by Gasteiger charge is 2.25. The molecule has 23 heavy (non-hydrogen) atoms. The Kier molecular flexibility index (Phi) is 4.32. The topological polar surface area (TPSA) is 60.9 Å². The number of likely N-dealkylation sites (N-methyl/N-ethyl adjacent to an activating group) is 1. The van der Waals surface area contributed by atoms with E-state index in [-0.39, 0.29) is 12.0 Å². The molecule has 1 aliphatic rings. The van der Waals surface area contributed by atoms with E-state index in [1.165, 1.54) is 7.11 Å². The van der Waals surface area contributed by atoms with E-state index in [0.29, 0.717) is 30.3 Å². The van der Waals surface area contributed by atoms with Gasteiger partial charge >= 0.3 is 0 Å². The second-order valence-electron chi connectivity index (χ2n) is 5.24. The van der Waals surface area contributed by atoms with Crippen molar-refractivity contribution in [3.05, 3.63) is 48.2 Å². The lowest BCUT2D eigenvalue weighted by atomic mass is 10.2. The normalized spacial score (nSPS) is 15.8. The van der Waals surface area contributed by atoms with Crippen molar-refractivity contribution in [1.82, 2.24) is 9.88 Å². The summed E-state index contributed by atoms with van der Waals surface area (Å²) in [6.07, 6.45) is 1.37. The number of pyridine rings is 1. The van der Waals surface area contributed by atoms with Crippen LogP contribution in [0, 0.1) is 0 Å². The summed E-state index contributed by atoms with van der Waals surface area (Å²) in [6, 6.07) is 10.9. The monoisotopic (exact) mass is 314 g/mol. The van der Waals surface area contributed by atoms with Crippen molar-refractivity contribution in [3.63, 3.8) is 0 Å². The molecule has 1 amide bonds. The highest BCUT2D eigenvalue weighted by atomic mass is 16.6. The van der Waals surface area contributed by atoms with Gasteiger partial charge in [0.15, 0.2) is 17.6 Å². The molecule has 0 saturated heterocycles. The van der Waals surface area contributed by atoms with Gasteiger partial charge in [-0.05, 0) is 24.3 Å². The van der Waals surface area contributed by atoms with Crippen molar-refractivity contribution in [2.24, 2.45) is 0 Å². The van der Waals surface area contributed by atoms with E-state index >= 15 is 0 Å². The smallest absolute Gasteiger partial charge is 0.259 e. The molecule has 6 heteroatoms. The number of para-hydroxylation sites is 2. The summed E-state index contributed by atoms with van der Waals surface area (Å²) in [6.45, 7) is 0.810. The number of fused-ring (bicyclic) bond motifs is 1. The third-order valence-corrected chi connectivity index (χ3v) is 3.59. The minimum atomic E-state index is -0.221. The average Bonchev–Trinajstić information content (AvgIpc) is 2.60. The van der Waals surface area contributed by atoms with Crippen molar-refractivity contribution in [3.8, 4) is 17.4 Å². The molecule has 120 valence electrons. The Morgan fingerprint density at radius 3 is 2.87 bits per heavy atom. The Morgan fingerprint density at radius 2 is 2.09 bits per heavy atom. The van der Waals surface area contributed by atoms with Gasteiger partial charge in [-0.2, -0.15) is 0 Å². The maximum Gasteiger partial charge on any atom is 0.259 e. The Labute approximate surface area is 134 Å². The lowest BCUT2D eigenvalue weighted by Gasteiger charge is -2.29. The Morgan fingerprint density at radius 1 is 1.30 bits per heavy atom. The van der Waals surface area contributed by atoms with Crippen LogP contribution in [0.1, 0.15) is 10.4 Å². The zero-order valence-electron chi connectivity index (χ0n) is 13.1. The standard InChI is InChI=1S/C17H18N2O4/c1-19(17(20)13-6-5-9-18-16(13)21-2)10-12-11-22-14-7-3-4-8-15(14)23-12/h3-9,12H,10-11H2,1-2H3/t12-/m1/s1. The van der Waals surface area contributed by atoms with Crippen LogP contribution in [0.4, 0.5) is 0 Å². The van der Waals surface area contributed by atoms with Gasteiger partial charge in [0.25, 0.3) is 5.91 Å². The number of methoxy groups -OCH3 is 1. The van der Waals surface area contributed by atoms with Crippen LogP contribution in [-0.4, -0.2) is 49.2 Å². The minimum Gasteiger partial charge on any atom is -0.486 e. The summed E-state index contributed by atoms with van der Waals surface area (Å²) in [5, 5.41) is 0. The van der Waals surface area contributed by atoms with Gasteiger partial charge in [-0.25, -0.2) is 4.98 Å². The molecule has 0 unspecified atom stereocenters. The number of benzene rings is 1. The highest BCUT2D eigenvalue weighted by Crippen LogP contribution is 2.31. The predicted octanol–water partition coefficient (Wildman–Crippen LogP) is 2.00. The maximum absolute atomic E-state index is 12.6. The zero-order chi connectivity index (χ0) is 16.2. The zero-order valence-corrected chi connectivity index (χ0v) is 13.1. The molecule has 0 N–H and O–H groups in total.